The highest BCUT2D eigenvalue weighted by Gasteiger charge is 2.16. The van der Waals surface area contributed by atoms with Crippen LogP contribution >= 0.6 is 0 Å². The monoisotopic (exact) mass is 359 g/mol. The van der Waals surface area contributed by atoms with E-state index in [1.165, 1.54) is 30.4 Å². The summed E-state index contributed by atoms with van der Waals surface area (Å²) in [6.45, 7) is 7.16. The third-order valence-corrected chi connectivity index (χ3v) is 4.90. The second-order valence-electron chi connectivity index (χ2n) is 8.21. The first-order valence-electron chi connectivity index (χ1n) is 9.75. The first kappa shape index (κ1) is 20.3. The average Bonchev–Trinajstić information content (AvgIpc) is 2.60. The number of nitrogens with one attached hydrogen (secondary N) is 3. The Morgan fingerprint density at radius 3 is 2.27 bits per heavy atom. The molecule has 0 unspecified atom stereocenters. The van der Waals surface area contributed by atoms with Gasteiger partial charge in [-0.05, 0) is 35.8 Å². The Bertz CT molecular complexity index is 584. The highest BCUT2D eigenvalue weighted by atomic mass is 16.2. The molecule has 5 nitrogen and oxygen atoms in total. The number of carbonyl (C=O) groups is 2. The fourth-order valence-electron chi connectivity index (χ4n) is 3.24. The molecule has 2 rings (SSSR count). The van der Waals surface area contributed by atoms with E-state index in [-0.39, 0.29) is 29.9 Å². The number of benzene rings is 1. The zero-order valence-corrected chi connectivity index (χ0v) is 16.4. The minimum Gasteiger partial charge on any atom is -0.352 e. The van der Waals surface area contributed by atoms with Gasteiger partial charge in [-0.15, -0.1) is 0 Å². The van der Waals surface area contributed by atoms with Crippen LogP contribution < -0.4 is 16.0 Å². The van der Waals surface area contributed by atoms with Gasteiger partial charge in [0.25, 0.3) is 0 Å². The van der Waals surface area contributed by atoms with Gasteiger partial charge in [0.2, 0.25) is 5.91 Å². The molecule has 26 heavy (non-hydrogen) atoms. The molecule has 3 N–H and O–H groups in total. The first-order valence-corrected chi connectivity index (χ1v) is 9.75. The van der Waals surface area contributed by atoms with Gasteiger partial charge in [-0.2, -0.15) is 0 Å². The molecule has 0 heterocycles. The van der Waals surface area contributed by atoms with Crippen molar-refractivity contribution in [2.24, 2.45) is 0 Å². The van der Waals surface area contributed by atoms with E-state index in [1.807, 2.05) is 0 Å². The topological polar surface area (TPSA) is 70.2 Å². The lowest BCUT2D eigenvalue weighted by Gasteiger charge is -2.22. The molecule has 0 aliphatic heterocycles. The largest absolute Gasteiger partial charge is 0.352 e. The summed E-state index contributed by atoms with van der Waals surface area (Å²) in [7, 11) is 0. The minimum atomic E-state index is -0.296. The third kappa shape index (κ3) is 7.06. The first-order chi connectivity index (χ1) is 12.3. The maximum absolute atomic E-state index is 11.9. The Labute approximate surface area is 157 Å². The minimum absolute atomic E-state index is 0.0304. The second-order valence-corrected chi connectivity index (χ2v) is 8.21. The Hall–Kier alpha value is -2.04. The lowest BCUT2D eigenvalue weighted by atomic mass is 9.86. The van der Waals surface area contributed by atoms with Gasteiger partial charge in [-0.1, -0.05) is 64.3 Å². The molecule has 0 atom stereocenters. The zero-order chi connectivity index (χ0) is 19.0. The van der Waals surface area contributed by atoms with Crippen LogP contribution in [0.25, 0.3) is 0 Å². The summed E-state index contributed by atoms with van der Waals surface area (Å²) in [6.07, 6.45) is 6.47. The summed E-state index contributed by atoms with van der Waals surface area (Å²) >= 11 is 0. The van der Waals surface area contributed by atoms with E-state index < -0.39 is 0 Å². The molecule has 1 aromatic carbocycles. The molecule has 0 aromatic heterocycles. The summed E-state index contributed by atoms with van der Waals surface area (Å²) in [4.78, 5) is 23.7. The number of rotatable bonds is 6. The van der Waals surface area contributed by atoms with Crippen molar-refractivity contribution in [3.05, 3.63) is 35.4 Å². The maximum atomic E-state index is 11.9. The van der Waals surface area contributed by atoms with Crippen molar-refractivity contribution in [3.8, 4) is 0 Å². The number of carbonyl (C=O) groups excluding carboxylic acids is 2. The molecule has 144 valence electrons. The van der Waals surface area contributed by atoms with E-state index in [0.717, 1.165) is 19.3 Å². The quantitative estimate of drug-likeness (QED) is 0.729. The van der Waals surface area contributed by atoms with Crippen molar-refractivity contribution >= 4 is 11.9 Å². The molecule has 1 aromatic rings. The lowest BCUT2D eigenvalue weighted by Crippen LogP contribution is -2.45. The van der Waals surface area contributed by atoms with Crippen molar-refractivity contribution in [3.63, 3.8) is 0 Å². The van der Waals surface area contributed by atoms with Crippen LogP contribution in [-0.2, 0) is 16.6 Å². The summed E-state index contributed by atoms with van der Waals surface area (Å²) in [5.41, 5.74) is 2.64. The van der Waals surface area contributed by atoms with Gasteiger partial charge in [0, 0.05) is 12.6 Å². The Morgan fingerprint density at radius 1 is 1.00 bits per heavy atom. The van der Waals surface area contributed by atoms with Gasteiger partial charge in [0.1, 0.15) is 0 Å². The van der Waals surface area contributed by atoms with Gasteiger partial charge >= 0.3 is 6.03 Å². The number of urea groups is 1. The molecule has 0 saturated heterocycles. The van der Waals surface area contributed by atoms with Gasteiger partial charge in [-0.3, -0.25) is 4.79 Å². The molecule has 0 radical (unpaired) electrons. The predicted molar refractivity (Wildman–Crippen MR) is 105 cm³/mol. The zero-order valence-electron chi connectivity index (χ0n) is 16.4. The summed E-state index contributed by atoms with van der Waals surface area (Å²) in [5, 5.41) is 8.42. The highest BCUT2D eigenvalue weighted by molar-refractivity contribution is 5.84. The van der Waals surface area contributed by atoms with Crippen molar-refractivity contribution in [1.82, 2.24) is 16.0 Å². The van der Waals surface area contributed by atoms with Crippen LogP contribution in [0, 0.1) is 0 Å². The molecule has 1 aliphatic rings. The van der Waals surface area contributed by atoms with E-state index in [4.69, 9.17) is 0 Å². The predicted octanol–water partition coefficient (Wildman–Crippen LogP) is 3.27. The van der Waals surface area contributed by atoms with Crippen LogP contribution in [0.5, 0.6) is 0 Å². The average molecular weight is 360 g/mol. The lowest BCUT2D eigenvalue weighted by molar-refractivity contribution is -0.121. The molecule has 1 fully saturated rings. The summed E-state index contributed by atoms with van der Waals surface area (Å²) in [5.74, 6) is -0.107. The molecule has 0 spiro atoms. The Kier molecular flexibility index (Phi) is 7.49. The van der Waals surface area contributed by atoms with E-state index in [1.54, 1.807) is 0 Å². The van der Waals surface area contributed by atoms with E-state index >= 15 is 0 Å². The Balaban J connectivity index is 1.61. The van der Waals surface area contributed by atoms with Gasteiger partial charge in [0.15, 0.2) is 0 Å². The van der Waals surface area contributed by atoms with Crippen LogP contribution in [0.4, 0.5) is 4.79 Å². The van der Waals surface area contributed by atoms with Crippen LogP contribution in [0.2, 0.25) is 0 Å². The molecule has 3 amide bonds. The molecule has 1 saturated carbocycles. The van der Waals surface area contributed by atoms with Crippen LogP contribution in [-0.4, -0.2) is 31.1 Å². The van der Waals surface area contributed by atoms with E-state index in [2.05, 4.69) is 61.0 Å². The molecule has 0 bridgehead atoms. The van der Waals surface area contributed by atoms with Crippen molar-refractivity contribution in [1.29, 1.82) is 0 Å². The smallest absolute Gasteiger partial charge is 0.315 e. The normalized spacial score (nSPS) is 15.3. The van der Waals surface area contributed by atoms with Crippen molar-refractivity contribution in [2.75, 3.05) is 13.1 Å². The summed E-state index contributed by atoms with van der Waals surface area (Å²) in [6, 6.07) is 8.48. The van der Waals surface area contributed by atoms with Crippen molar-refractivity contribution in [2.45, 2.75) is 70.8 Å². The van der Waals surface area contributed by atoms with Crippen LogP contribution in [0.15, 0.2) is 24.3 Å². The molecule has 5 heteroatoms. The number of amides is 3. The van der Waals surface area contributed by atoms with Gasteiger partial charge < -0.3 is 16.0 Å². The van der Waals surface area contributed by atoms with Gasteiger partial charge in [0.05, 0.1) is 6.54 Å². The van der Waals surface area contributed by atoms with E-state index in [0.29, 0.717) is 6.54 Å². The van der Waals surface area contributed by atoms with Gasteiger partial charge in [-0.25, -0.2) is 4.79 Å². The van der Waals surface area contributed by atoms with E-state index in [9.17, 15) is 9.59 Å². The Morgan fingerprint density at radius 2 is 1.65 bits per heavy atom. The summed E-state index contributed by atoms with van der Waals surface area (Å²) < 4.78 is 0. The molecule has 1 aliphatic carbocycles. The standard InChI is InChI=1S/C21H33N3O2/c1-21(2,3)17-11-9-16(10-12-17)13-14-22-20(26)23-15-19(25)24-18-7-5-4-6-8-18/h9-12,18H,4-8,13-15H2,1-3H3,(H,24,25)(H2,22,23,26). The molecular weight excluding hydrogens is 326 g/mol. The van der Waals surface area contributed by atoms with Crippen LogP contribution in [0.3, 0.4) is 0 Å². The highest BCUT2D eigenvalue weighted by Crippen LogP contribution is 2.22. The van der Waals surface area contributed by atoms with Crippen LogP contribution in [0.1, 0.15) is 64.0 Å². The number of hydrogen-bond donors (Lipinski definition) is 3. The third-order valence-electron chi connectivity index (χ3n) is 4.90. The number of hydrogen-bond acceptors (Lipinski definition) is 2. The second kappa shape index (κ2) is 9.60. The fourth-order valence-corrected chi connectivity index (χ4v) is 3.24. The maximum Gasteiger partial charge on any atom is 0.315 e. The van der Waals surface area contributed by atoms with Crippen molar-refractivity contribution < 1.29 is 9.59 Å². The molecular formula is C21H33N3O2. The SMILES string of the molecule is CC(C)(C)c1ccc(CCNC(=O)NCC(=O)NC2CCCCC2)cc1. The fraction of sp³-hybridized carbons (Fsp3) is 0.619.